The minimum absolute atomic E-state index is 0.0505. The fourth-order valence-corrected chi connectivity index (χ4v) is 1.64. The van der Waals surface area contributed by atoms with Gasteiger partial charge in [0.1, 0.15) is 11.4 Å². The summed E-state index contributed by atoms with van der Waals surface area (Å²) in [7, 11) is 0. The molecule has 1 rings (SSSR count). The summed E-state index contributed by atoms with van der Waals surface area (Å²) in [6.45, 7) is 9.49. The first-order chi connectivity index (χ1) is 9.10. The van der Waals surface area contributed by atoms with Gasteiger partial charge < -0.3 is 15.4 Å². The summed E-state index contributed by atoms with van der Waals surface area (Å²) in [5, 5.41) is 0. The monoisotopic (exact) mass is 282 g/mol. The van der Waals surface area contributed by atoms with Crippen molar-refractivity contribution in [3.05, 3.63) is 29.6 Å². The van der Waals surface area contributed by atoms with Crippen molar-refractivity contribution in [3.63, 3.8) is 0 Å². The van der Waals surface area contributed by atoms with E-state index in [4.69, 9.17) is 10.5 Å². The number of carbonyl (C=O) groups excluding carboxylic acids is 1. The van der Waals surface area contributed by atoms with E-state index in [2.05, 4.69) is 0 Å². The molecule has 0 saturated carbocycles. The van der Waals surface area contributed by atoms with Gasteiger partial charge in [-0.1, -0.05) is 6.07 Å². The molecule has 0 bridgehead atoms. The Morgan fingerprint density at radius 3 is 2.45 bits per heavy atom. The average molecular weight is 282 g/mol. The van der Waals surface area contributed by atoms with Crippen LogP contribution in [0.5, 0.6) is 0 Å². The number of rotatable bonds is 3. The predicted molar refractivity (Wildman–Crippen MR) is 77.7 cm³/mol. The average Bonchev–Trinajstić information content (AvgIpc) is 2.27. The molecule has 0 saturated heterocycles. The zero-order chi connectivity index (χ0) is 15.5. The summed E-state index contributed by atoms with van der Waals surface area (Å²) in [6, 6.07) is 4.50. The van der Waals surface area contributed by atoms with E-state index < -0.39 is 17.5 Å². The van der Waals surface area contributed by atoms with E-state index in [0.29, 0.717) is 5.56 Å². The third-order valence-corrected chi connectivity index (χ3v) is 2.67. The number of benzene rings is 1. The van der Waals surface area contributed by atoms with Gasteiger partial charge in [0.25, 0.3) is 0 Å². The van der Waals surface area contributed by atoms with Crippen LogP contribution in [0, 0.1) is 5.82 Å². The van der Waals surface area contributed by atoms with Gasteiger partial charge in [0.2, 0.25) is 0 Å². The highest BCUT2D eigenvalue weighted by atomic mass is 19.1. The molecule has 0 radical (unpaired) electrons. The predicted octanol–water partition coefficient (Wildman–Crippen LogP) is 3.55. The third-order valence-electron chi connectivity index (χ3n) is 2.67. The molecule has 0 fully saturated rings. The molecule has 4 nitrogen and oxygen atoms in total. The normalized spacial score (nSPS) is 11.6. The minimum atomic E-state index is -0.559. The first-order valence-electron chi connectivity index (χ1n) is 6.63. The van der Waals surface area contributed by atoms with Gasteiger partial charge in [-0.05, 0) is 52.3 Å². The van der Waals surface area contributed by atoms with Crippen molar-refractivity contribution in [2.24, 2.45) is 0 Å². The first-order valence-corrected chi connectivity index (χ1v) is 6.63. The first kappa shape index (κ1) is 16.3. The molecule has 0 heterocycles. The van der Waals surface area contributed by atoms with E-state index in [9.17, 15) is 9.18 Å². The molecule has 5 heteroatoms. The van der Waals surface area contributed by atoms with Crippen molar-refractivity contribution in [3.8, 4) is 0 Å². The summed E-state index contributed by atoms with van der Waals surface area (Å²) in [6.07, 6.45) is -0.412. The second-order valence-corrected chi connectivity index (χ2v) is 6.06. The highest BCUT2D eigenvalue weighted by Crippen LogP contribution is 2.17. The SMILES string of the molecule is CC(C)N(Cc1ccc(N)c(F)c1)C(=O)OC(C)(C)C. The van der Waals surface area contributed by atoms with Crippen molar-refractivity contribution in [1.82, 2.24) is 4.90 Å². The molecule has 112 valence electrons. The highest BCUT2D eigenvalue weighted by molar-refractivity contribution is 5.68. The zero-order valence-corrected chi connectivity index (χ0v) is 12.7. The number of ether oxygens (including phenoxy) is 1. The van der Waals surface area contributed by atoms with E-state index >= 15 is 0 Å². The van der Waals surface area contributed by atoms with Crippen molar-refractivity contribution >= 4 is 11.8 Å². The van der Waals surface area contributed by atoms with Crippen LogP contribution in [0.25, 0.3) is 0 Å². The van der Waals surface area contributed by atoms with Crippen LogP contribution >= 0.6 is 0 Å². The Labute approximate surface area is 119 Å². The van der Waals surface area contributed by atoms with E-state index in [0.717, 1.165) is 0 Å². The van der Waals surface area contributed by atoms with Crippen molar-refractivity contribution in [2.75, 3.05) is 5.73 Å². The van der Waals surface area contributed by atoms with Gasteiger partial charge in [-0.15, -0.1) is 0 Å². The Morgan fingerprint density at radius 2 is 2.00 bits per heavy atom. The second kappa shape index (κ2) is 6.11. The quantitative estimate of drug-likeness (QED) is 0.862. The minimum Gasteiger partial charge on any atom is -0.444 e. The molecule has 0 aliphatic heterocycles. The fraction of sp³-hybridized carbons (Fsp3) is 0.533. The van der Waals surface area contributed by atoms with Gasteiger partial charge in [0, 0.05) is 12.6 Å². The van der Waals surface area contributed by atoms with Gasteiger partial charge in [-0.25, -0.2) is 9.18 Å². The number of halogens is 1. The number of amides is 1. The van der Waals surface area contributed by atoms with Crippen LogP contribution in [0.1, 0.15) is 40.2 Å². The van der Waals surface area contributed by atoms with Gasteiger partial charge >= 0.3 is 6.09 Å². The number of carbonyl (C=O) groups is 1. The molecule has 1 aromatic carbocycles. The van der Waals surface area contributed by atoms with Crippen LogP contribution in [0.4, 0.5) is 14.9 Å². The standard InChI is InChI=1S/C15H23FN2O2/c1-10(2)18(14(19)20-15(3,4)5)9-11-6-7-13(17)12(16)8-11/h6-8,10H,9,17H2,1-5H3. The van der Waals surface area contributed by atoms with Crippen LogP contribution in [-0.2, 0) is 11.3 Å². The van der Waals surface area contributed by atoms with Crippen molar-refractivity contribution in [1.29, 1.82) is 0 Å². The van der Waals surface area contributed by atoms with Gasteiger partial charge in [0.05, 0.1) is 5.69 Å². The van der Waals surface area contributed by atoms with Crippen LogP contribution in [0.3, 0.4) is 0 Å². The lowest BCUT2D eigenvalue weighted by Gasteiger charge is -2.30. The summed E-state index contributed by atoms with van der Waals surface area (Å²) in [5.74, 6) is -0.476. The maximum atomic E-state index is 13.4. The molecule has 0 aliphatic rings. The number of hydrogen-bond donors (Lipinski definition) is 1. The zero-order valence-electron chi connectivity index (χ0n) is 12.7. The van der Waals surface area contributed by atoms with Crippen molar-refractivity contribution in [2.45, 2.75) is 52.8 Å². The van der Waals surface area contributed by atoms with E-state index in [1.54, 1.807) is 11.0 Å². The Kier molecular flexibility index (Phi) is 4.98. The smallest absolute Gasteiger partial charge is 0.410 e. The lowest BCUT2D eigenvalue weighted by molar-refractivity contribution is 0.0172. The second-order valence-electron chi connectivity index (χ2n) is 6.06. The van der Waals surface area contributed by atoms with Gasteiger partial charge in [0.15, 0.2) is 0 Å². The van der Waals surface area contributed by atoms with Crippen LogP contribution in [0.15, 0.2) is 18.2 Å². The maximum absolute atomic E-state index is 13.4. The molecule has 0 unspecified atom stereocenters. The fourth-order valence-electron chi connectivity index (χ4n) is 1.64. The number of nitrogen functional groups attached to an aromatic ring is 1. The maximum Gasteiger partial charge on any atom is 0.410 e. The Bertz CT molecular complexity index is 481. The number of nitrogens with two attached hydrogens (primary N) is 1. The van der Waals surface area contributed by atoms with Gasteiger partial charge in [-0.2, -0.15) is 0 Å². The molecular formula is C15H23FN2O2. The lowest BCUT2D eigenvalue weighted by Crippen LogP contribution is -2.40. The molecular weight excluding hydrogens is 259 g/mol. The molecule has 0 aliphatic carbocycles. The molecule has 20 heavy (non-hydrogen) atoms. The van der Waals surface area contributed by atoms with Crippen LogP contribution < -0.4 is 5.73 Å². The number of nitrogens with zero attached hydrogens (tertiary/aromatic N) is 1. The molecule has 1 aromatic rings. The third kappa shape index (κ3) is 4.72. The largest absolute Gasteiger partial charge is 0.444 e. The lowest BCUT2D eigenvalue weighted by atomic mass is 10.1. The molecule has 2 N–H and O–H groups in total. The summed E-state index contributed by atoms with van der Waals surface area (Å²) in [4.78, 5) is 13.7. The topological polar surface area (TPSA) is 55.6 Å². The Balaban J connectivity index is 2.87. The molecule has 0 aromatic heterocycles. The van der Waals surface area contributed by atoms with E-state index in [-0.39, 0.29) is 18.3 Å². The Hall–Kier alpha value is -1.78. The van der Waals surface area contributed by atoms with Crippen molar-refractivity contribution < 1.29 is 13.9 Å². The summed E-state index contributed by atoms with van der Waals surface area (Å²) < 4.78 is 18.8. The van der Waals surface area contributed by atoms with E-state index in [1.165, 1.54) is 12.1 Å². The highest BCUT2D eigenvalue weighted by Gasteiger charge is 2.24. The summed E-state index contributed by atoms with van der Waals surface area (Å²) in [5.41, 5.74) is 5.66. The Morgan fingerprint density at radius 1 is 1.40 bits per heavy atom. The number of hydrogen-bond acceptors (Lipinski definition) is 3. The molecule has 0 atom stereocenters. The van der Waals surface area contributed by atoms with Crippen LogP contribution in [0.2, 0.25) is 0 Å². The van der Waals surface area contributed by atoms with E-state index in [1.807, 2.05) is 34.6 Å². The van der Waals surface area contributed by atoms with Crippen LogP contribution in [-0.4, -0.2) is 22.6 Å². The number of anilines is 1. The summed E-state index contributed by atoms with van der Waals surface area (Å²) >= 11 is 0. The van der Waals surface area contributed by atoms with Gasteiger partial charge in [-0.3, -0.25) is 0 Å². The molecule has 0 spiro atoms. The molecule has 1 amide bonds.